The minimum Gasteiger partial charge on any atom is -0.503 e. The van der Waals surface area contributed by atoms with Crippen LogP contribution in [0.1, 0.15) is 45.7 Å². The minimum atomic E-state index is -0.600. The van der Waals surface area contributed by atoms with Crippen molar-refractivity contribution in [2.24, 2.45) is 0 Å². The third-order valence-corrected chi connectivity index (χ3v) is 8.55. The number of rotatable bonds is 9. The van der Waals surface area contributed by atoms with Gasteiger partial charge in [0.2, 0.25) is 5.78 Å². The van der Waals surface area contributed by atoms with Gasteiger partial charge in [-0.15, -0.1) is 22.7 Å². The molecule has 178 valence electrons. The van der Waals surface area contributed by atoms with Crippen LogP contribution in [0.25, 0.3) is 10.6 Å². The standard InChI is InChI=1S/C26H29N3O3S2/c1-5-28(6-2)13-14-29-20(23-16(3)12-15-33-23)19(22(31)26(29)32)21(30)24-17(4)27-25(34-24)18-10-8-7-9-11-18/h7-12,15,20,31H,5-6,13-14H2,1-4H3. The van der Waals surface area contributed by atoms with E-state index in [9.17, 15) is 14.7 Å². The maximum atomic E-state index is 13.8. The van der Waals surface area contributed by atoms with E-state index in [4.69, 9.17) is 0 Å². The third kappa shape index (κ3) is 4.45. The molecule has 0 saturated heterocycles. The molecule has 3 heterocycles. The second-order valence-electron chi connectivity index (χ2n) is 8.29. The molecule has 0 aliphatic carbocycles. The number of ketones is 1. The number of amides is 1. The summed E-state index contributed by atoms with van der Waals surface area (Å²) < 4.78 is 0. The molecule has 1 aliphatic heterocycles. The van der Waals surface area contributed by atoms with E-state index in [2.05, 4.69) is 23.7 Å². The Bertz CT molecular complexity index is 1230. The number of aliphatic hydroxyl groups excluding tert-OH is 1. The third-order valence-electron chi connectivity index (χ3n) is 6.27. The molecule has 0 bridgehead atoms. The summed E-state index contributed by atoms with van der Waals surface area (Å²) in [4.78, 5) is 36.9. The Kier molecular flexibility index (Phi) is 7.30. The first-order valence-corrected chi connectivity index (χ1v) is 13.1. The molecular formula is C26H29N3O3S2. The summed E-state index contributed by atoms with van der Waals surface area (Å²) in [6.07, 6.45) is 0. The molecule has 0 fully saturated rings. The van der Waals surface area contributed by atoms with Crippen molar-refractivity contribution in [1.29, 1.82) is 0 Å². The molecule has 1 aromatic carbocycles. The smallest absolute Gasteiger partial charge is 0.290 e. The van der Waals surface area contributed by atoms with E-state index in [1.165, 1.54) is 22.7 Å². The molecule has 8 heteroatoms. The van der Waals surface area contributed by atoms with Gasteiger partial charge in [-0.05, 0) is 43.9 Å². The lowest BCUT2D eigenvalue weighted by Crippen LogP contribution is -2.38. The van der Waals surface area contributed by atoms with Crippen molar-refractivity contribution < 1.29 is 14.7 Å². The number of benzene rings is 1. The Hall–Kier alpha value is -2.81. The summed E-state index contributed by atoms with van der Waals surface area (Å²) in [6.45, 7) is 10.8. The van der Waals surface area contributed by atoms with Gasteiger partial charge in [-0.1, -0.05) is 44.2 Å². The van der Waals surface area contributed by atoms with Crippen molar-refractivity contribution in [3.05, 3.63) is 74.1 Å². The fourth-order valence-electron chi connectivity index (χ4n) is 4.28. The largest absolute Gasteiger partial charge is 0.503 e. The average Bonchev–Trinajstić information content (AvgIpc) is 3.51. The van der Waals surface area contributed by atoms with Crippen LogP contribution < -0.4 is 0 Å². The number of carbonyl (C=O) groups excluding carboxylic acids is 2. The summed E-state index contributed by atoms with van der Waals surface area (Å²) >= 11 is 2.81. The van der Waals surface area contributed by atoms with E-state index in [-0.39, 0.29) is 11.4 Å². The van der Waals surface area contributed by atoms with Crippen LogP contribution in [-0.2, 0) is 4.79 Å². The van der Waals surface area contributed by atoms with Gasteiger partial charge in [0.05, 0.1) is 22.2 Å². The monoisotopic (exact) mass is 495 g/mol. The summed E-state index contributed by atoms with van der Waals surface area (Å²) in [6, 6.07) is 11.1. The van der Waals surface area contributed by atoms with Gasteiger partial charge in [-0.25, -0.2) is 4.98 Å². The van der Waals surface area contributed by atoms with E-state index in [1.807, 2.05) is 48.7 Å². The first-order valence-electron chi connectivity index (χ1n) is 11.4. The van der Waals surface area contributed by atoms with Gasteiger partial charge in [0, 0.05) is 23.5 Å². The van der Waals surface area contributed by atoms with Crippen molar-refractivity contribution in [2.75, 3.05) is 26.2 Å². The lowest BCUT2D eigenvalue weighted by Gasteiger charge is -2.29. The molecular weight excluding hydrogens is 466 g/mol. The van der Waals surface area contributed by atoms with Crippen molar-refractivity contribution >= 4 is 34.4 Å². The Morgan fingerprint density at radius 3 is 2.47 bits per heavy atom. The van der Waals surface area contributed by atoms with Gasteiger partial charge >= 0.3 is 0 Å². The molecule has 1 unspecified atom stereocenters. The average molecular weight is 496 g/mol. The topological polar surface area (TPSA) is 73.7 Å². The van der Waals surface area contributed by atoms with Gasteiger partial charge in [0.1, 0.15) is 5.01 Å². The van der Waals surface area contributed by atoms with Crippen LogP contribution in [0.2, 0.25) is 0 Å². The molecule has 0 saturated carbocycles. The fraction of sp³-hybridized carbons (Fsp3) is 0.346. The van der Waals surface area contributed by atoms with Crippen LogP contribution in [0.4, 0.5) is 0 Å². The number of thiophene rings is 1. The second kappa shape index (κ2) is 10.2. The molecule has 1 aliphatic rings. The molecule has 0 radical (unpaired) electrons. The number of aliphatic hydroxyl groups is 1. The number of thiazole rings is 1. The predicted molar refractivity (Wildman–Crippen MR) is 138 cm³/mol. The highest BCUT2D eigenvalue weighted by atomic mass is 32.1. The number of carbonyl (C=O) groups is 2. The molecule has 3 aromatic rings. The minimum absolute atomic E-state index is 0.154. The maximum absolute atomic E-state index is 13.8. The number of aromatic nitrogens is 1. The van der Waals surface area contributed by atoms with E-state index in [1.54, 1.807) is 11.8 Å². The van der Waals surface area contributed by atoms with E-state index < -0.39 is 17.7 Å². The quantitative estimate of drug-likeness (QED) is 0.402. The fourth-order valence-corrected chi connectivity index (χ4v) is 6.35. The van der Waals surface area contributed by atoms with Gasteiger partial charge < -0.3 is 14.9 Å². The molecule has 0 spiro atoms. The molecule has 1 N–H and O–H groups in total. The van der Waals surface area contributed by atoms with E-state index in [0.29, 0.717) is 23.7 Å². The highest BCUT2D eigenvalue weighted by Gasteiger charge is 2.45. The Labute approximate surface area is 208 Å². The van der Waals surface area contributed by atoms with E-state index in [0.717, 1.165) is 34.1 Å². The molecule has 1 atom stereocenters. The van der Waals surface area contributed by atoms with Crippen LogP contribution in [0.3, 0.4) is 0 Å². The van der Waals surface area contributed by atoms with Crippen molar-refractivity contribution in [3.63, 3.8) is 0 Å². The Morgan fingerprint density at radius 2 is 1.85 bits per heavy atom. The summed E-state index contributed by atoms with van der Waals surface area (Å²) in [5, 5.41) is 13.7. The van der Waals surface area contributed by atoms with Gasteiger partial charge in [-0.3, -0.25) is 9.59 Å². The number of likely N-dealkylation sites (N-methyl/N-ethyl adjacent to an activating group) is 1. The molecule has 4 rings (SSSR count). The number of hydrogen-bond acceptors (Lipinski definition) is 7. The van der Waals surface area contributed by atoms with Gasteiger partial charge in [0.25, 0.3) is 5.91 Å². The van der Waals surface area contributed by atoms with Crippen molar-refractivity contribution in [2.45, 2.75) is 33.7 Å². The highest BCUT2D eigenvalue weighted by Crippen LogP contribution is 2.43. The van der Waals surface area contributed by atoms with Gasteiger partial charge in [0.15, 0.2) is 5.76 Å². The van der Waals surface area contributed by atoms with Crippen LogP contribution in [0.5, 0.6) is 0 Å². The number of aryl methyl sites for hydroxylation is 2. The van der Waals surface area contributed by atoms with E-state index >= 15 is 0 Å². The summed E-state index contributed by atoms with van der Waals surface area (Å²) in [5.41, 5.74) is 2.69. The number of Topliss-reactive ketones (excluding diaryl/α,β-unsaturated/α-hetero) is 1. The van der Waals surface area contributed by atoms with Crippen LogP contribution in [0, 0.1) is 13.8 Å². The van der Waals surface area contributed by atoms with Crippen LogP contribution >= 0.6 is 22.7 Å². The Balaban J connectivity index is 1.73. The lowest BCUT2D eigenvalue weighted by atomic mass is 9.98. The zero-order chi connectivity index (χ0) is 24.4. The number of nitrogens with zero attached hydrogens (tertiary/aromatic N) is 3. The lowest BCUT2D eigenvalue weighted by molar-refractivity contribution is -0.129. The SMILES string of the molecule is CCN(CC)CCN1C(=O)C(O)=C(C(=O)c2sc(-c3ccccc3)nc2C)C1c1sccc1C. The van der Waals surface area contributed by atoms with Crippen LogP contribution in [0.15, 0.2) is 53.1 Å². The molecule has 1 amide bonds. The molecule has 6 nitrogen and oxygen atoms in total. The zero-order valence-electron chi connectivity index (χ0n) is 19.9. The highest BCUT2D eigenvalue weighted by molar-refractivity contribution is 7.17. The first kappa shape index (κ1) is 24.3. The predicted octanol–water partition coefficient (Wildman–Crippen LogP) is 5.41. The van der Waals surface area contributed by atoms with Gasteiger partial charge in [-0.2, -0.15) is 0 Å². The second-order valence-corrected chi connectivity index (χ2v) is 10.2. The van der Waals surface area contributed by atoms with Crippen molar-refractivity contribution in [3.8, 4) is 10.6 Å². The zero-order valence-corrected chi connectivity index (χ0v) is 21.5. The maximum Gasteiger partial charge on any atom is 0.290 e. The number of hydrogen-bond donors (Lipinski definition) is 1. The summed E-state index contributed by atoms with van der Waals surface area (Å²) in [7, 11) is 0. The normalized spacial score (nSPS) is 16.2. The van der Waals surface area contributed by atoms with Crippen LogP contribution in [-0.4, -0.2) is 57.8 Å². The first-order chi connectivity index (χ1) is 16.4. The Morgan fingerprint density at radius 1 is 1.15 bits per heavy atom. The summed E-state index contributed by atoms with van der Waals surface area (Å²) in [5.74, 6) is -1.26. The van der Waals surface area contributed by atoms with Crippen molar-refractivity contribution in [1.82, 2.24) is 14.8 Å². The molecule has 34 heavy (non-hydrogen) atoms. The molecule has 2 aromatic heterocycles.